The molecule has 0 heterocycles. The largest absolute Gasteiger partial charge is 0.372 e. The Morgan fingerprint density at radius 3 is 2.08 bits per heavy atom. The summed E-state index contributed by atoms with van der Waals surface area (Å²) in [6.45, 7) is 11.7. The molecule has 24 heavy (non-hydrogen) atoms. The number of benzene rings is 1. The Morgan fingerprint density at radius 1 is 1.12 bits per heavy atom. The van der Waals surface area contributed by atoms with Crippen LogP contribution >= 0.6 is 24.8 Å². The molecular formula is C18H33Cl2N3O. The minimum absolute atomic E-state index is 0. The van der Waals surface area contributed by atoms with Crippen LogP contribution in [0.5, 0.6) is 0 Å². The Balaban J connectivity index is 0. The average Bonchev–Trinajstić information content (AvgIpc) is 2.51. The second-order valence-electron chi connectivity index (χ2n) is 6.66. The van der Waals surface area contributed by atoms with Crippen LogP contribution in [-0.4, -0.2) is 44.0 Å². The number of carbonyl (C=O) groups excluding carboxylic acids is 1. The van der Waals surface area contributed by atoms with Crippen molar-refractivity contribution in [3.8, 4) is 0 Å². The van der Waals surface area contributed by atoms with Gasteiger partial charge < -0.3 is 15.5 Å². The van der Waals surface area contributed by atoms with Gasteiger partial charge in [0.05, 0.1) is 0 Å². The molecule has 1 amide bonds. The zero-order valence-electron chi connectivity index (χ0n) is 15.5. The van der Waals surface area contributed by atoms with Crippen LogP contribution in [0.3, 0.4) is 0 Å². The lowest BCUT2D eigenvalue weighted by Crippen LogP contribution is -2.39. The number of halogens is 2. The molecule has 1 rings (SSSR count). The summed E-state index contributed by atoms with van der Waals surface area (Å²) in [6, 6.07) is 7.91. The summed E-state index contributed by atoms with van der Waals surface area (Å²) in [7, 11) is 1.84. The summed E-state index contributed by atoms with van der Waals surface area (Å²) < 4.78 is 0. The van der Waals surface area contributed by atoms with Crippen LogP contribution in [0.4, 0.5) is 5.69 Å². The smallest absolute Gasteiger partial charge is 0.253 e. The van der Waals surface area contributed by atoms with E-state index in [4.69, 9.17) is 5.73 Å². The highest BCUT2D eigenvalue weighted by molar-refractivity contribution is 5.94. The van der Waals surface area contributed by atoms with Crippen LogP contribution in [0, 0.1) is 5.41 Å². The molecule has 1 aromatic carbocycles. The lowest BCUT2D eigenvalue weighted by atomic mass is 9.93. The van der Waals surface area contributed by atoms with E-state index in [-0.39, 0.29) is 36.1 Å². The van der Waals surface area contributed by atoms with Crippen molar-refractivity contribution in [2.75, 3.05) is 38.1 Å². The number of carbonyl (C=O) groups is 1. The lowest BCUT2D eigenvalue weighted by molar-refractivity contribution is 0.0740. The van der Waals surface area contributed by atoms with E-state index in [0.29, 0.717) is 13.1 Å². The molecule has 0 aliphatic rings. The van der Waals surface area contributed by atoms with Crippen molar-refractivity contribution in [3.05, 3.63) is 29.8 Å². The zero-order valence-corrected chi connectivity index (χ0v) is 17.2. The second-order valence-corrected chi connectivity index (χ2v) is 6.66. The van der Waals surface area contributed by atoms with E-state index in [2.05, 4.69) is 32.6 Å². The van der Waals surface area contributed by atoms with Gasteiger partial charge in [-0.2, -0.15) is 0 Å². The highest BCUT2D eigenvalue weighted by Crippen LogP contribution is 2.18. The molecule has 1 aromatic rings. The first kappa shape index (κ1) is 25.3. The molecule has 0 radical (unpaired) electrons. The summed E-state index contributed by atoms with van der Waals surface area (Å²) in [4.78, 5) is 16.6. The van der Waals surface area contributed by atoms with Gasteiger partial charge in [-0.15, -0.1) is 24.8 Å². The molecular weight excluding hydrogens is 345 g/mol. The Labute approximate surface area is 159 Å². The Hall–Kier alpha value is -0.970. The number of nitrogens with two attached hydrogens (primary N) is 1. The molecule has 0 saturated heterocycles. The highest BCUT2D eigenvalue weighted by atomic mass is 35.5. The van der Waals surface area contributed by atoms with E-state index in [9.17, 15) is 4.79 Å². The molecule has 0 spiro atoms. The summed E-state index contributed by atoms with van der Waals surface area (Å²) in [5, 5.41) is 0. The van der Waals surface area contributed by atoms with E-state index in [1.807, 2.05) is 31.3 Å². The number of hydrogen-bond donors (Lipinski definition) is 1. The first-order valence-electron chi connectivity index (χ1n) is 8.15. The van der Waals surface area contributed by atoms with E-state index < -0.39 is 0 Å². The molecule has 2 N–H and O–H groups in total. The summed E-state index contributed by atoms with van der Waals surface area (Å²) >= 11 is 0. The molecule has 0 atom stereocenters. The monoisotopic (exact) mass is 377 g/mol. The second kappa shape index (κ2) is 11.6. The van der Waals surface area contributed by atoms with Crippen molar-refractivity contribution in [2.24, 2.45) is 11.1 Å². The van der Waals surface area contributed by atoms with Crippen LogP contribution in [0.25, 0.3) is 0 Å². The number of anilines is 1. The van der Waals surface area contributed by atoms with Gasteiger partial charge in [0.25, 0.3) is 5.91 Å². The Morgan fingerprint density at radius 2 is 1.67 bits per heavy atom. The van der Waals surface area contributed by atoms with Crippen LogP contribution in [0.1, 0.15) is 44.5 Å². The molecule has 6 heteroatoms. The van der Waals surface area contributed by atoms with Gasteiger partial charge in [0.2, 0.25) is 0 Å². The average molecular weight is 378 g/mol. The third-order valence-corrected chi connectivity index (χ3v) is 3.92. The molecule has 0 aromatic heterocycles. The summed E-state index contributed by atoms with van der Waals surface area (Å²) in [5.41, 5.74) is 7.58. The number of amides is 1. The van der Waals surface area contributed by atoms with Crippen LogP contribution in [-0.2, 0) is 0 Å². The van der Waals surface area contributed by atoms with E-state index in [0.717, 1.165) is 25.1 Å². The van der Waals surface area contributed by atoms with Gasteiger partial charge in [-0.1, -0.05) is 20.8 Å². The normalized spacial score (nSPS) is 10.4. The van der Waals surface area contributed by atoms with Crippen molar-refractivity contribution < 1.29 is 4.79 Å². The Kier molecular flexibility index (Phi) is 12.2. The predicted molar refractivity (Wildman–Crippen MR) is 109 cm³/mol. The highest BCUT2D eigenvalue weighted by Gasteiger charge is 2.22. The van der Waals surface area contributed by atoms with Gasteiger partial charge in [0.1, 0.15) is 0 Å². The molecule has 0 aliphatic heterocycles. The number of hydrogen-bond acceptors (Lipinski definition) is 3. The third-order valence-electron chi connectivity index (χ3n) is 3.92. The first-order valence-corrected chi connectivity index (χ1v) is 8.15. The molecule has 0 unspecified atom stereocenters. The van der Waals surface area contributed by atoms with Gasteiger partial charge in [0, 0.05) is 37.9 Å². The van der Waals surface area contributed by atoms with Crippen LogP contribution in [0.15, 0.2) is 24.3 Å². The fourth-order valence-electron chi connectivity index (χ4n) is 2.55. The maximum absolute atomic E-state index is 12.5. The Bertz CT molecular complexity index is 478. The maximum atomic E-state index is 12.5. The molecule has 4 nitrogen and oxygen atoms in total. The van der Waals surface area contributed by atoms with Crippen molar-refractivity contribution in [1.82, 2.24) is 4.90 Å². The fraction of sp³-hybridized carbons (Fsp3) is 0.611. The van der Waals surface area contributed by atoms with Crippen LogP contribution < -0.4 is 10.6 Å². The number of nitrogens with zero attached hydrogens (tertiary/aromatic N) is 2. The first-order chi connectivity index (χ1) is 10.3. The minimum atomic E-state index is -0.0650. The quantitative estimate of drug-likeness (QED) is 0.748. The van der Waals surface area contributed by atoms with Crippen molar-refractivity contribution >= 4 is 36.4 Å². The van der Waals surface area contributed by atoms with Crippen molar-refractivity contribution in [2.45, 2.75) is 34.1 Å². The fourth-order valence-corrected chi connectivity index (χ4v) is 2.55. The summed E-state index contributed by atoms with van der Waals surface area (Å²) in [6.07, 6.45) is 1.12. The van der Waals surface area contributed by atoms with Crippen LogP contribution in [0.2, 0.25) is 0 Å². The topological polar surface area (TPSA) is 49.6 Å². The third kappa shape index (κ3) is 7.29. The molecule has 140 valence electrons. The van der Waals surface area contributed by atoms with Gasteiger partial charge in [-0.25, -0.2) is 0 Å². The molecule has 0 bridgehead atoms. The minimum Gasteiger partial charge on any atom is -0.372 e. The van der Waals surface area contributed by atoms with Gasteiger partial charge in [0.15, 0.2) is 0 Å². The zero-order chi connectivity index (χ0) is 16.8. The maximum Gasteiger partial charge on any atom is 0.253 e. The van der Waals surface area contributed by atoms with E-state index in [1.165, 1.54) is 5.69 Å². The van der Waals surface area contributed by atoms with Crippen molar-refractivity contribution in [3.63, 3.8) is 0 Å². The van der Waals surface area contributed by atoms with E-state index >= 15 is 0 Å². The molecule has 0 saturated carbocycles. The standard InChI is InChI=1S/C18H31N3O.2ClH/c1-6-12-21(7-2)16-10-8-15(9-11-16)17(22)20(5)14-18(3,4)13-19;;/h8-11H,6-7,12-14,19H2,1-5H3;2*1H. The molecule has 0 aliphatic carbocycles. The SMILES string of the molecule is CCCN(CC)c1ccc(C(=O)N(C)CC(C)(C)CN)cc1.Cl.Cl. The van der Waals surface area contributed by atoms with E-state index in [1.54, 1.807) is 4.90 Å². The summed E-state index contributed by atoms with van der Waals surface area (Å²) in [5.74, 6) is 0.0478. The van der Waals surface area contributed by atoms with Gasteiger partial charge >= 0.3 is 0 Å². The van der Waals surface area contributed by atoms with Gasteiger partial charge in [-0.05, 0) is 49.6 Å². The molecule has 0 fully saturated rings. The van der Waals surface area contributed by atoms with Crippen molar-refractivity contribution in [1.29, 1.82) is 0 Å². The predicted octanol–water partition coefficient (Wildman–Crippen LogP) is 3.82. The lowest BCUT2D eigenvalue weighted by Gasteiger charge is -2.29. The van der Waals surface area contributed by atoms with Gasteiger partial charge in [-0.3, -0.25) is 4.79 Å². The number of rotatable bonds is 8.